The van der Waals surface area contributed by atoms with Crippen molar-refractivity contribution in [2.24, 2.45) is 0 Å². The quantitative estimate of drug-likeness (QED) is 0.487. The first kappa shape index (κ1) is 12.1. The Morgan fingerprint density at radius 3 is 2.56 bits per heavy atom. The number of carbonyl (C=O) groups is 2. The Balaban J connectivity index is 2.30. The van der Waals surface area contributed by atoms with E-state index in [-0.39, 0.29) is 11.4 Å². The van der Waals surface area contributed by atoms with Gasteiger partial charge in [0.2, 0.25) is 5.78 Å². The van der Waals surface area contributed by atoms with Crippen molar-refractivity contribution in [1.82, 2.24) is 5.32 Å². The van der Waals surface area contributed by atoms with Crippen LogP contribution in [0.5, 0.6) is 0 Å². The van der Waals surface area contributed by atoms with Crippen LogP contribution in [0.1, 0.15) is 12.5 Å². The number of rotatable bonds is 2. The molecular weight excluding hydrogens is 230 g/mol. The highest BCUT2D eigenvalue weighted by atomic mass is 16.5. The molecule has 0 amide bonds. The Morgan fingerprint density at radius 1 is 1.28 bits per heavy atom. The van der Waals surface area contributed by atoms with E-state index in [2.05, 4.69) is 10.1 Å². The first-order valence-corrected chi connectivity index (χ1v) is 5.51. The summed E-state index contributed by atoms with van der Waals surface area (Å²) in [6.07, 6.45) is 1.71. The van der Waals surface area contributed by atoms with Crippen LogP contribution in [0.2, 0.25) is 0 Å². The van der Waals surface area contributed by atoms with E-state index in [1.807, 2.05) is 30.3 Å². The Bertz CT molecular complexity index is 556. The molecule has 0 bridgehead atoms. The molecule has 4 heteroatoms. The van der Waals surface area contributed by atoms with Gasteiger partial charge in [-0.15, -0.1) is 0 Å². The molecule has 18 heavy (non-hydrogen) atoms. The number of methoxy groups -OCH3 is 1. The van der Waals surface area contributed by atoms with Gasteiger partial charge in [0, 0.05) is 5.70 Å². The second kappa shape index (κ2) is 4.87. The van der Waals surface area contributed by atoms with Crippen molar-refractivity contribution in [2.75, 3.05) is 7.11 Å². The van der Waals surface area contributed by atoms with Gasteiger partial charge in [-0.25, -0.2) is 4.79 Å². The lowest BCUT2D eigenvalue weighted by Crippen LogP contribution is -2.13. The number of esters is 1. The van der Waals surface area contributed by atoms with Gasteiger partial charge in [0.15, 0.2) is 0 Å². The van der Waals surface area contributed by atoms with E-state index in [4.69, 9.17) is 0 Å². The Kier molecular flexibility index (Phi) is 3.28. The zero-order chi connectivity index (χ0) is 13.1. The van der Waals surface area contributed by atoms with E-state index < -0.39 is 5.97 Å². The summed E-state index contributed by atoms with van der Waals surface area (Å²) in [5, 5.41) is 2.91. The Morgan fingerprint density at radius 2 is 1.94 bits per heavy atom. The van der Waals surface area contributed by atoms with Crippen LogP contribution in [-0.2, 0) is 14.3 Å². The molecule has 0 radical (unpaired) electrons. The summed E-state index contributed by atoms with van der Waals surface area (Å²) in [6, 6.07) is 9.43. The molecule has 92 valence electrons. The molecule has 0 saturated carbocycles. The van der Waals surface area contributed by atoms with Gasteiger partial charge in [0.25, 0.3) is 0 Å². The maximum atomic E-state index is 12.0. The molecule has 1 aromatic carbocycles. The van der Waals surface area contributed by atoms with Crippen LogP contribution in [0.15, 0.2) is 47.3 Å². The third kappa shape index (κ3) is 2.18. The summed E-state index contributed by atoms with van der Waals surface area (Å²) in [5.41, 5.74) is 1.88. The Hall–Kier alpha value is -2.36. The lowest BCUT2D eigenvalue weighted by Gasteiger charge is -1.99. The molecule has 2 rings (SSSR count). The van der Waals surface area contributed by atoms with Crippen molar-refractivity contribution >= 4 is 17.8 Å². The molecule has 4 nitrogen and oxygen atoms in total. The molecule has 0 saturated heterocycles. The van der Waals surface area contributed by atoms with Crippen molar-refractivity contribution in [2.45, 2.75) is 6.92 Å². The number of ketones is 1. The molecule has 1 heterocycles. The third-order valence-electron chi connectivity index (χ3n) is 2.67. The van der Waals surface area contributed by atoms with Gasteiger partial charge >= 0.3 is 5.97 Å². The lowest BCUT2D eigenvalue weighted by atomic mass is 10.1. The average molecular weight is 243 g/mol. The maximum Gasteiger partial charge on any atom is 0.343 e. The first-order chi connectivity index (χ1) is 8.63. The minimum absolute atomic E-state index is 0.0691. The molecule has 0 unspecified atom stereocenters. The minimum atomic E-state index is -0.610. The highest BCUT2D eigenvalue weighted by molar-refractivity contribution is 6.27. The molecule has 1 aromatic rings. The van der Waals surface area contributed by atoms with Gasteiger partial charge in [-0.2, -0.15) is 0 Å². The summed E-state index contributed by atoms with van der Waals surface area (Å²) in [4.78, 5) is 23.5. The molecule has 0 spiro atoms. The van der Waals surface area contributed by atoms with Gasteiger partial charge in [0.05, 0.1) is 12.8 Å². The van der Waals surface area contributed by atoms with E-state index in [0.717, 1.165) is 5.56 Å². The molecular formula is C14H13NO3. The van der Waals surface area contributed by atoms with E-state index in [0.29, 0.717) is 11.4 Å². The number of allylic oxidation sites excluding steroid dienone is 2. The van der Waals surface area contributed by atoms with Crippen LogP contribution in [0.4, 0.5) is 0 Å². The number of hydrogen-bond donors (Lipinski definition) is 1. The molecule has 1 aliphatic rings. The van der Waals surface area contributed by atoms with Crippen molar-refractivity contribution in [3.05, 3.63) is 52.9 Å². The third-order valence-corrected chi connectivity index (χ3v) is 2.67. The van der Waals surface area contributed by atoms with Crippen LogP contribution < -0.4 is 5.32 Å². The summed E-state index contributed by atoms with van der Waals surface area (Å²) < 4.78 is 4.59. The predicted molar refractivity (Wildman–Crippen MR) is 67.3 cm³/mol. The van der Waals surface area contributed by atoms with E-state index in [1.165, 1.54) is 7.11 Å². The number of carbonyl (C=O) groups excluding carboxylic acids is 2. The number of Topliss-reactive ketones (excluding diaryl/α,β-unsaturated/α-hetero) is 1. The van der Waals surface area contributed by atoms with Crippen molar-refractivity contribution in [1.29, 1.82) is 0 Å². The van der Waals surface area contributed by atoms with Gasteiger partial charge in [-0.05, 0) is 18.6 Å². The monoisotopic (exact) mass is 243 g/mol. The van der Waals surface area contributed by atoms with E-state index in [1.54, 1.807) is 13.0 Å². The lowest BCUT2D eigenvalue weighted by molar-refractivity contribution is -0.137. The van der Waals surface area contributed by atoms with Crippen LogP contribution in [-0.4, -0.2) is 18.9 Å². The standard InChI is InChI=1S/C14H13NO3/c1-9-12(14(17)18-2)13(16)11(15-9)8-10-6-4-3-5-7-10/h3-8,15H,1-2H3/b11-8+. The zero-order valence-corrected chi connectivity index (χ0v) is 10.2. The highest BCUT2D eigenvalue weighted by Gasteiger charge is 2.31. The summed E-state index contributed by atoms with van der Waals surface area (Å²) >= 11 is 0. The fourth-order valence-electron chi connectivity index (χ4n) is 1.79. The summed E-state index contributed by atoms with van der Waals surface area (Å²) in [7, 11) is 1.26. The van der Waals surface area contributed by atoms with Crippen LogP contribution >= 0.6 is 0 Å². The molecule has 1 aliphatic heterocycles. The molecule has 0 aliphatic carbocycles. The number of benzene rings is 1. The summed E-state index contributed by atoms with van der Waals surface area (Å²) in [5.74, 6) is -0.940. The van der Waals surface area contributed by atoms with Crippen LogP contribution in [0, 0.1) is 0 Å². The fourth-order valence-corrected chi connectivity index (χ4v) is 1.79. The number of hydrogen-bond acceptors (Lipinski definition) is 4. The summed E-state index contributed by atoms with van der Waals surface area (Å²) in [6.45, 7) is 1.68. The smallest absolute Gasteiger partial charge is 0.343 e. The van der Waals surface area contributed by atoms with Gasteiger partial charge < -0.3 is 10.1 Å². The van der Waals surface area contributed by atoms with Crippen molar-refractivity contribution in [3.8, 4) is 0 Å². The van der Waals surface area contributed by atoms with E-state index >= 15 is 0 Å². The fraction of sp³-hybridized carbons (Fsp3) is 0.143. The molecule has 0 fully saturated rings. The SMILES string of the molecule is COC(=O)C1=C(C)N/C(=C/c2ccccc2)C1=O. The van der Waals surface area contributed by atoms with Crippen molar-refractivity contribution in [3.63, 3.8) is 0 Å². The van der Waals surface area contributed by atoms with Crippen LogP contribution in [0.3, 0.4) is 0 Å². The zero-order valence-electron chi connectivity index (χ0n) is 10.2. The maximum absolute atomic E-state index is 12.0. The molecule has 0 atom stereocenters. The first-order valence-electron chi connectivity index (χ1n) is 5.51. The minimum Gasteiger partial charge on any atom is -0.465 e. The van der Waals surface area contributed by atoms with Crippen molar-refractivity contribution < 1.29 is 14.3 Å². The number of nitrogens with one attached hydrogen (secondary N) is 1. The second-order valence-corrected chi connectivity index (χ2v) is 3.91. The van der Waals surface area contributed by atoms with Gasteiger partial charge in [0.1, 0.15) is 5.57 Å². The number of ether oxygens (including phenoxy) is 1. The van der Waals surface area contributed by atoms with Crippen LogP contribution in [0.25, 0.3) is 6.08 Å². The largest absolute Gasteiger partial charge is 0.465 e. The van der Waals surface area contributed by atoms with E-state index in [9.17, 15) is 9.59 Å². The van der Waals surface area contributed by atoms with Gasteiger partial charge in [-0.1, -0.05) is 30.3 Å². The second-order valence-electron chi connectivity index (χ2n) is 3.91. The molecule has 0 aromatic heterocycles. The molecule has 1 N–H and O–H groups in total. The highest BCUT2D eigenvalue weighted by Crippen LogP contribution is 2.20. The normalized spacial score (nSPS) is 17.0. The predicted octanol–water partition coefficient (Wildman–Crippen LogP) is 1.65. The Labute approximate surface area is 105 Å². The average Bonchev–Trinajstić information content (AvgIpc) is 2.65. The topological polar surface area (TPSA) is 55.4 Å². The van der Waals surface area contributed by atoms with Gasteiger partial charge in [-0.3, -0.25) is 4.79 Å².